The third-order valence-corrected chi connectivity index (χ3v) is 5.82. The minimum atomic E-state index is -3.40. The van der Waals surface area contributed by atoms with Crippen LogP contribution in [0.1, 0.15) is 44.8 Å². The summed E-state index contributed by atoms with van der Waals surface area (Å²) in [7, 11) is -1.75. The van der Waals surface area contributed by atoms with E-state index in [1.807, 2.05) is 4.57 Å². The fourth-order valence-electron chi connectivity index (χ4n) is 2.34. The number of hydrogen-bond acceptors (Lipinski definition) is 3. The van der Waals surface area contributed by atoms with Gasteiger partial charge in [-0.25, -0.2) is 12.7 Å². The lowest BCUT2D eigenvalue weighted by molar-refractivity contribution is 0.393. The number of sulfonamides is 1. The van der Waals surface area contributed by atoms with Crippen molar-refractivity contribution in [3.8, 4) is 0 Å². The zero-order valence-electron chi connectivity index (χ0n) is 12.5. The molecule has 5 nitrogen and oxygen atoms in total. The molecular formula is C14H25N3O2S. The first-order valence-electron chi connectivity index (χ1n) is 7.27. The molecule has 0 spiro atoms. The number of rotatable bonds is 7. The zero-order chi connectivity index (χ0) is 14.9. The van der Waals surface area contributed by atoms with E-state index in [1.165, 1.54) is 4.31 Å². The van der Waals surface area contributed by atoms with E-state index in [9.17, 15) is 8.42 Å². The molecule has 0 radical (unpaired) electrons. The summed E-state index contributed by atoms with van der Waals surface area (Å²) in [5.74, 6) is 0.356. The van der Waals surface area contributed by atoms with Crippen LogP contribution in [-0.4, -0.2) is 30.9 Å². The Bertz CT molecular complexity index is 561. The second kappa shape index (κ2) is 5.87. The Balaban J connectivity index is 2.24. The van der Waals surface area contributed by atoms with E-state index in [-0.39, 0.29) is 0 Å². The monoisotopic (exact) mass is 299 g/mol. The van der Waals surface area contributed by atoms with Gasteiger partial charge in [-0.1, -0.05) is 20.3 Å². The van der Waals surface area contributed by atoms with Gasteiger partial charge in [0.05, 0.1) is 0 Å². The molecule has 0 bridgehead atoms. The van der Waals surface area contributed by atoms with Gasteiger partial charge in [0.25, 0.3) is 0 Å². The molecule has 1 fully saturated rings. The van der Waals surface area contributed by atoms with Crippen molar-refractivity contribution in [2.75, 3.05) is 13.6 Å². The van der Waals surface area contributed by atoms with Crippen molar-refractivity contribution < 1.29 is 8.42 Å². The number of hydrogen-bond donors (Lipinski definition) is 1. The minimum absolute atomic E-state index is 0.356. The predicted molar refractivity (Wildman–Crippen MR) is 79.9 cm³/mol. The summed E-state index contributed by atoms with van der Waals surface area (Å²) < 4.78 is 28.6. The molecular weight excluding hydrogens is 274 g/mol. The maximum atomic E-state index is 12.6. The third kappa shape index (κ3) is 3.07. The van der Waals surface area contributed by atoms with E-state index in [4.69, 9.17) is 5.73 Å². The van der Waals surface area contributed by atoms with E-state index in [0.717, 1.165) is 25.0 Å². The van der Waals surface area contributed by atoms with Crippen LogP contribution < -0.4 is 5.73 Å². The van der Waals surface area contributed by atoms with Gasteiger partial charge in [0.2, 0.25) is 10.0 Å². The molecule has 114 valence electrons. The molecule has 2 rings (SSSR count). The lowest BCUT2D eigenvalue weighted by atomic mass is 10.1. The highest BCUT2D eigenvalue weighted by Gasteiger charge is 2.29. The number of aromatic nitrogens is 1. The van der Waals surface area contributed by atoms with Gasteiger partial charge in [-0.15, -0.1) is 0 Å². The molecule has 1 unspecified atom stereocenters. The van der Waals surface area contributed by atoms with Crippen LogP contribution in [-0.2, 0) is 16.6 Å². The average molecular weight is 299 g/mol. The second-order valence-electron chi connectivity index (χ2n) is 5.81. The lowest BCUT2D eigenvalue weighted by Crippen LogP contribution is -2.30. The quantitative estimate of drug-likeness (QED) is 0.836. The van der Waals surface area contributed by atoms with Gasteiger partial charge >= 0.3 is 0 Å². The van der Waals surface area contributed by atoms with Crippen LogP contribution in [0, 0.1) is 5.92 Å². The molecule has 0 saturated heterocycles. The fraction of sp³-hybridized carbons (Fsp3) is 0.714. The van der Waals surface area contributed by atoms with Crippen LogP contribution >= 0.6 is 0 Å². The van der Waals surface area contributed by atoms with Crippen LogP contribution in [0.25, 0.3) is 0 Å². The Morgan fingerprint density at radius 1 is 1.50 bits per heavy atom. The maximum absolute atomic E-state index is 12.6. The van der Waals surface area contributed by atoms with Crippen molar-refractivity contribution in [1.82, 2.24) is 8.87 Å². The molecule has 2 N–H and O–H groups in total. The first-order chi connectivity index (χ1) is 9.40. The topological polar surface area (TPSA) is 68.3 Å². The van der Waals surface area contributed by atoms with Crippen molar-refractivity contribution >= 4 is 10.0 Å². The highest BCUT2D eigenvalue weighted by molar-refractivity contribution is 7.89. The first kappa shape index (κ1) is 15.5. The summed E-state index contributed by atoms with van der Waals surface area (Å²) in [5.41, 5.74) is 6.63. The number of nitrogens with zero attached hydrogens (tertiary/aromatic N) is 2. The smallest absolute Gasteiger partial charge is 0.244 e. The van der Waals surface area contributed by atoms with E-state index in [1.54, 1.807) is 19.3 Å². The predicted octanol–water partition coefficient (Wildman–Crippen LogP) is 1.95. The number of nitrogens with two attached hydrogens (primary N) is 1. The van der Waals surface area contributed by atoms with E-state index < -0.39 is 10.0 Å². The Labute approximate surface area is 121 Å². The van der Waals surface area contributed by atoms with Gasteiger partial charge in [0, 0.05) is 38.1 Å². The van der Waals surface area contributed by atoms with E-state index in [0.29, 0.717) is 29.9 Å². The van der Waals surface area contributed by atoms with E-state index in [2.05, 4.69) is 13.8 Å². The third-order valence-electron chi connectivity index (χ3n) is 4.03. The molecule has 6 heteroatoms. The second-order valence-corrected chi connectivity index (χ2v) is 7.85. The largest absolute Gasteiger partial charge is 0.346 e. The van der Waals surface area contributed by atoms with Gasteiger partial charge in [-0.3, -0.25) is 0 Å². The SMILES string of the molecule is CCC(C)CN(C)S(=O)(=O)c1cc(CN)n(C2CC2)c1. The van der Waals surface area contributed by atoms with E-state index >= 15 is 0 Å². The van der Waals surface area contributed by atoms with Crippen LogP contribution in [0.5, 0.6) is 0 Å². The summed E-state index contributed by atoms with van der Waals surface area (Å²) in [6, 6.07) is 2.16. The normalized spacial score (nSPS) is 17.6. The highest BCUT2D eigenvalue weighted by atomic mass is 32.2. The zero-order valence-corrected chi connectivity index (χ0v) is 13.4. The lowest BCUT2D eigenvalue weighted by Gasteiger charge is -2.19. The van der Waals surface area contributed by atoms with Crippen molar-refractivity contribution in [3.63, 3.8) is 0 Å². The minimum Gasteiger partial charge on any atom is -0.346 e. The Morgan fingerprint density at radius 2 is 2.15 bits per heavy atom. The summed E-state index contributed by atoms with van der Waals surface area (Å²) in [6.07, 6.45) is 4.95. The molecule has 0 amide bonds. The molecule has 20 heavy (non-hydrogen) atoms. The standard InChI is InChI=1S/C14H25N3O2S/c1-4-11(2)9-16(3)20(18,19)14-7-13(8-15)17(10-14)12-5-6-12/h7,10-12H,4-6,8-9,15H2,1-3H3. The highest BCUT2D eigenvalue weighted by Crippen LogP contribution is 2.37. The Hall–Kier alpha value is -0.850. The Kier molecular flexibility index (Phi) is 4.56. The van der Waals surface area contributed by atoms with Crippen molar-refractivity contribution in [2.24, 2.45) is 11.7 Å². The molecule has 0 aliphatic heterocycles. The van der Waals surface area contributed by atoms with Crippen molar-refractivity contribution in [2.45, 2.75) is 50.6 Å². The van der Waals surface area contributed by atoms with Crippen molar-refractivity contribution in [1.29, 1.82) is 0 Å². The molecule has 1 heterocycles. The van der Waals surface area contributed by atoms with Crippen LogP contribution in [0.15, 0.2) is 17.2 Å². The van der Waals surface area contributed by atoms with Crippen molar-refractivity contribution in [3.05, 3.63) is 18.0 Å². The van der Waals surface area contributed by atoms with Gasteiger partial charge in [-0.2, -0.15) is 0 Å². The molecule has 1 aliphatic carbocycles. The Morgan fingerprint density at radius 3 is 2.65 bits per heavy atom. The van der Waals surface area contributed by atoms with Gasteiger partial charge in [0.1, 0.15) is 4.90 Å². The van der Waals surface area contributed by atoms with Crippen LogP contribution in [0.2, 0.25) is 0 Å². The summed E-state index contributed by atoms with van der Waals surface area (Å²) in [5, 5.41) is 0. The van der Waals surface area contributed by atoms with Gasteiger partial charge in [-0.05, 0) is 24.8 Å². The molecule has 1 aromatic heterocycles. The van der Waals surface area contributed by atoms with Crippen LogP contribution in [0.4, 0.5) is 0 Å². The molecule has 1 aliphatic rings. The molecule has 1 saturated carbocycles. The fourth-order valence-corrected chi connectivity index (χ4v) is 3.68. The summed E-state index contributed by atoms with van der Waals surface area (Å²) in [6.45, 7) is 5.06. The van der Waals surface area contributed by atoms with Gasteiger partial charge in [0.15, 0.2) is 0 Å². The van der Waals surface area contributed by atoms with Crippen LogP contribution in [0.3, 0.4) is 0 Å². The maximum Gasteiger partial charge on any atom is 0.244 e. The van der Waals surface area contributed by atoms with Gasteiger partial charge < -0.3 is 10.3 Å². The first-order valence-corrected chi connectivity index (χ1v) is 8.71. The summed E-state index contributed by atoms with van der Waals surface area (Å²) in [4.78, 5) is 0.371. The molecule has 1 atom stereocenters. The molecule has 1 aromatic rings. The summed E-state index contributed by atoms with van der Waals surface area (Å²) >= 11 is 0. The average Bonchev–Trinajstić information content (AvgIpc) is 3.16. The molecule has 0 aromatic carbocycles.